The van der Waals surface area contributed by atoms with E-state index in [9.17, 15) is 4.79 Å². The Morgan fingerprint density at radius 3 is 2.52 bits per heavy atom. The predicted octanol–water partition coefficient (Wildman–Crippen LogP) is 2.81. The smallest absolute Gasteiger partial charge is 0.235 e. The Kier molecular flexibility index (Phi) is 3.11. The second-order valence-corrected chi connectivity index (χ2v) is 5.35. The van der Waals surface area contributed by atoms with E-state index in [0.717, 1.165) is 18.4 Å². The van der Waals surface area contributed by atoms with Gasteiger partial charge in [-0.1, -0.05) is 18.2 Å². The molecule has 0 spiro atoms. The molecule has 1 saturated carbocycles. The average molecular weight is 277 g/mol. The van der Waals surface area contributed by atoms with Crippen LogP contribution in [-0.4, -0.2) is 5.91 Å². The van der Waals surface area contributed by atoms with E-state index in [1.165, 1.54) is 0 Å². The molecule has 2 aromatic carbocycles. The number of rotatable bonds is 3. The number of nitriles is 1. The summed E-state index contributed by atoms with van der Waals surface area (Å²) in [5.74, 6) is -0.0256. The van der Waals surface area contributed by atoms with Crippen molar-refractivity contribution in [1.82, 2.24) is 0 Å². The zero-order valence-corrected chi connectivity index (χ0v) is 11.5. The highest BCUT2D eigenvalue weighted by Crippen LogP contribution is 2.49. The number of hydrogen-bond donors (Lipinski definition) is 2. The third-order valence-corrected chi connectivity index (χ3v) is 3.90. The molecular weight excluding hydrogens is 262 g/mol. The van der Waals surface area contributed by atoms with Crippen molar-refractivity contribution in [3.63, 3.8) is 0 Å². The van der Waals surface area contributed by atoms with E-state index in [1.54, 1.807) is 24.3 Å². The Hall–Kier alpha value is -2.80. The van der Waals surface area contributed by atoms with E-state index >= 15 is 0 Å². The number of carbonyl (C=O) groups excluding carboxylic acids is 1. The molecule has 4 heteroatoms. The third-order valence-electron chi connectivity index (χ3n) is 3.90. The van der Waals surface area contributed by atoms with Gasteiger partial charge in [0, 0.05) is 11.4 Å². The number of nitrogens with zero attached hydrogens (tertiary/aromatic N) is 1. The van der Waals surface area contributed by atoms with Crippen molar-refractivity contribution >= 4 is 17.3 Å². The summed E-state index contributed by atoms with van der Waals surface area (Å²) < 4.78 is 0. The Labute approximate surface area is 123 Å². The molecule has 0 aliphatic heterocycles. The zero-order chi connectivity index (χ0) is 14.9. The number of benzene rings is 2. The lowest BCUT2D eigenvalue weighted by atomic mass is 9.94. The van der Waals surface area contributed by atoms with E-state index in [4.69, 9.17) is 11.0 Å². The lowest BCUT2D eigenvalue weighted by molar-refractivity contribution is -0.118. The normalized spacial score (nSPS) is 15.0. The van der Waals surface area contributed by atoms with Gasteiger partial charge >= 0.3 is 0 Å². The van der Waals surface area contributed by atoms with Crippen LogP contribution >= 0.6 is 0 Å². The van der Waals surface area contributed by atoms with Crippen molar-refractivity contribution in [2.24, 2.45) is 0 Å². The molecule has 21 heavy (non-hydrogen) atoms. The summed E-state index contributed by atoms with van der Waals surface area (Å²) in [4.78, 5) is 12.6. The summed E-state index contributed by atoms with van der Waals surface area (Å²) in [6.45, 7) is 0. The fourth-order valence-electron chi connectivity index (χ4n) is 2.49. The molecule has 2 aromatic rings. The Morgan fingerprint density at radius 1 is 1.19 bits per heavy atom. The highest BCUT2D eigenvalue weighted by Gasteiger charge is 2.51. The third kappa shape index (κ3) is 2.46. The van der Waals surface area contributed by atoms with Crippen LogP contribution in [0.1, 0.15) is 24.0 Å². The molecule has 1 aliphatic rings. The number of nitrogen functional groups attached to an aromatic ring is 1. The van der Waals surface area contributed by atoms with Gasteiger partial charge in [0.2, 0.25) is 5.91 Å². The Morgan fingerprint density at radius 2 is 1.90 bits per heavy atom. The lowest BCUT2D eigenvalue weighted by Crippen LogP contribution is -2.27. The molecule has 1 fully saturated rings. The summed E-state index contributed by atoms with van der Waals surface area (Å²) in [5.41, 5.74) is 8.11. The van der Waals surface area contributed by atoms with Gasteiger partial charge in [-0.15, -0.1) is 0 Å². The second-order valence-electron chi connectivity index (χ2n) is 5.35. The minimum atomic E-state index is -0.448. The van der Waals surface area contributed by atoms with Gasteiger partial charge in [0.15, 0.2) is 0 Å². The SMILES string of the molecule is N#Cc1cccc(NC(=O)C2(c3ccc(N)cc3)CC2)c1. The van der Waals surface area contributed by atoms with Gasteiger partial charge < -0.3 is 11.1 Å². The summed E-state index contributed by atoms with van der Waals surface area (Å²) in [5, 5.41) is 11.8. The number of carbonyl (C=O) groups is 1. The van der Waals surface area contributed by atoms with E-state index in [0.29, 0.717) is 16.9 Å². The van der Waals surface area contributed by atoms with Crippen molar-refractivity contribution in [2.75, 3.05) is 11.1 Å². The molecule has 0 bridgehead atoms. The van der Waals surface area contributed by atoms with Crippen LogP contribution in [0.2, 0.25) is 0 Å². The standard InChI is InChI=1S/C17H15N3O/c18-11-12-2-1-3-15(10-12)20-16(21)17(8-9-17)13-4-6-14(19)7-5-13/h1-7,10H,8-9,19H2,(H,20,21). The first kappa shape index (κ1) is 13.2. The van der Waals surface area contributed by atoms with Gasteiger partial charge in [-0.05, 0) is 48.7 Å². The summed E-state index contributed by atoms with van der Waals surface area (Å²) in [7, 11) is 0. The molecule has 0 aromatic heterocycles. The van der Waals surface area contributed by atoms with Crippen LogP contribution in [0.25, 0.3) is 0 Å². The molecule has 104 valence electrons. The number of nitrogens with one attached hydrogen (secondary N) is 1. The molecule has 0 heterocycles. The van der Waals surface area contributed by atoms with Crippen molar-refractivity contribution in [3.8, 4) is 6.07 Å². The number of anilines is 2. The molecular formula is C17H15N3O. The summed E-state index contributed by atoms with van der Waals surface area (Å²) in [6.07, 6.45) is 1.67. The molecule has 4 nitrogen and oxygen atoms in total. The van der Waals surface area contributed by atoms with Crippen molar-refractivity contribution in [3.05, 3.63) is 59.7 Å². The van der Waals surface area contributed by atoms with Crippen LogP contribution in [0.15, 0.2) is 48.5 Å². The molecule has 0 atom stereocenters. The van der Waals surface area contributed by atoms with E-state index < -0.39 is 5.41 Å². The largest absolute Gasteiger partial charge is 0.399 e. The van der Waals surface area contributed by atoms with E-state index in [-0.39, 0.29) is 5.91 Å². The van der Waals surface area contributed by atoms with Crippen molar-refractivity contribution in [2.45, 2.75) is 18.3 Å². The summed E-state index contributed by atoms with van der Waals surface area (Å²) >= 11 is 0. The quantitative estimate of drug-likeness (QED) is 0.847. The van der Waals surface area contributed by atoms with E-state index in [1.807, 2.05) is 24.3 Å². The van der Waals surface area contributed by atoms with Gasteiger partial charge in [0.1, 0.15) is 0 Å². The molecule has 0 radical (unpaired) electrons. The summed E-state index contributed by atoms with van der Waals surface area (Å²) in [6, 6.07) is 16.5. The van der Waals surface area contributed by atoms with Gasteiger partial charge in [-0.2, -0.15) is 5.26 Å². The van der Waals surface area contributed by atoms with Gasteiger partial charge in [0.25, 0.3) is 0 Å². The average Bonchev–Trinajstić information content (AvgIpc) is 3.30. The number of nitrogens with two attached hydrogens (primary N) is 1. The topological polar surface area (TPSA) is 78.9 Å². The maximum Gasteiger partial charge on any atom is 0.235 e. The minimum absolute atomic E-state index is 0.0256. The maximum atomic E-state index is 12.6. The second kappa shape index (κ2) is 4.95. The predicted molar refractivity (Wildman–Crippen MR) is 81.6 cm³/mol. The fourth-order valence-corrected chi connectivity index (χ4v) is 2.49. The van der Waals surface area contributed by atoms with Crippen LogP contribution in [0.3, 0.4) is 0 Å². The molecule has 1 amide bonds. The first-order chi connectivity index (χ1) is 10.1. The fraction of sp³-hybridized carbons (Fsp3) is 0.176. The molecule has 3 N–H and O–H groups in total. The van der Waals surface area contributed by atoms with Crippen LogP contribution < -0.4 is 11.1 Å². The van der Waals surface area contributed by atoms with Crippen LogP contribution in [-0.2, 0) is 10.2 Å². The molecule has 1 aliphatic carbocycles. The van der Waals surface area contributed by atoms with E-state index in [2.05, 4.69) is 11.4 Å². The first-order valence-electron chi connectivity index (χ1n) is 6.82. The molecule has 3 rings (SSSR count). The van der Waals surface area contributed by atoms with Crippen LogP contribution in [0.4, 0.5) is 11.4 Å². The zero-order valence-electron chi connectivity index (χ0n) is 11.5. The van der Waals surface area contributed by atoms with Gasteiger partial charge in [-0.25, -0.2) is 0 Å². The minimum Gasteiger partial charge on any atom is -0.399 e. The number of amides is 1. The monoisotopic (exact) mass is 277 g/mol. The first-order valence-corrected chi connectivity index (χ1v) is 6.82. The molecule has 0 saturated heterocycles. The highest BCUT2D eigenvalue weighted by molar-refractivity contribution is 6.01. The van der Waals surface area contributed by atoms with Crippen LogP contribution in [0.5, 0.6) is 0 Å². The van der Waals surface area contributed by atoms with Crippen molar-refractivity contribution in [1.29, 1.82) is 5.26 Å². The van der Waals surface area contributed by atoms with Gasteiger partial charge in [0.05, 0.1) is 17.0 Å². The molecule has 0 unspecified atom stereocenters. The maximum absolute atomic E-state index is 12.6. The number of hydrogen-bond acceptors (Lipinski definition) is 3. The lowest BCUT2D eigenvalue weighted by Gasteiger charge is -2.16. The van der Waals surface area contributed by atoms with Gasteiger partial charge in [-0.3, -0.25) is 4.79 Å². The highest BCUT2D eigenvalue weighted by atomic mass is 16.2. The Bertz CT molecular complexity index is 724. The van der Waals surface area contributed by atoms with Crippen molar-refractivity contribution < 1.29 is 4.79 Å². The Balaban J connectivity index is 1.82. The van der Waals surface area contributed by atoms with Crippen LogP contribution in [0, 0.1) is 11.3 Å².